The van der Waals surface area contributed by atoms with Gasteiger partial charge in [0.2, 0.25) is 0 Å². The molecule has 0 aromatic carbocycles. The highest BCUT2D eigenvalue weighted by Crippen LogP contribution is 2.29. The van der Waals surface area contributed by atoms with Crippen LogP contribution < -0.4 is 5.73 Å². The van der Waals surface area contributed by atoms with Crippen molar-refractivity contribution in [3.63, 3.8) is 0 Å². The monoisotopic (exact) mass is 189 g/mol. The molecule has 0 spiro atoms. The third-order valence-corrected chi connectivity index (χ3v) is 2.63. The molecule has 0 aliphatic heterocycles. The first kappa shape index (κ1) is 9.13. The molecule has 14 heavy (non-hydrogen) atoms. The lowest BCUT2D eigenvalue weighted by Crippen LogP contribution is -2.11. The minimum atomic E-state index is 0.417. The highest BCUT2D eigenvalue weighted by atomic mass is 16.3. The Morgan fingerprint density at radius 1 is 1.36 bits per heavy atom. The molecule has 2 N–H and O–H groups in total. The summed E-state index contributed by atoms with van der Waals surface area (Å²) in [4.78, 5) is 0. The second kappa shape index (κ2) is 3.37. The third-order valence-electron chi connectivity index (χ3n) is 2.63. The fraction of sp³-hybridized carbons (Fsp3) is 0.333. The largest absolute Gasteiger partial charge is 0.462 e. The van der Waals surface area contributed by atoms with Crippen molar-refractivity contribution in [2.45, 2.75) is 20.3 Å². The van der Waals surface area contributed by atoms with Gasteiger partial charge in [-0.1, -0.05) is 13.0 Å². The SMILES string of the molecule is Cc1ccc(C2=CC=C(N)C(C)C2)o1. The van der Waals surface area contributed by atoms with Gasteiger partial charge in [0.25, 0.3) is 0 Å². The Bertz CT molecular complexity index is 398. The number of rotatable bonds is 1. The summed E-state index contributed by atoms with van der Waals surface area (Å²) < 4.78 is 5.57. The van der Waals surface area contributed by atoms with Crippen molar-refractivity contribution in [1.82, 2.24) is 0 Å². The molecular formula is C12H15NO. The van der Waals surface area contributed by atoms with E-state index in [-0.39, 0.29) is 0 Å². The Labute approximate surface area is 84.1 Å². The molecular weight excluding hydrogens is 174 g/mol. The van der Waals surface area contributed by atoms with Crippen LogP contribution in [0.25, 0.3) is 5.57 Å². The van der Waals surface area contributed by atoms with Crippen molar-refractivity contribution in [2.24, 2.45) is 11.7 Å². The number of nitrogens with two attached hydrogens (primary N) is 1. The topological polar surface area (TPSA) is 39.2 Å². The lowest BCUT2D eigenvalue weighted by Gasteiger charge is -2.17. The van der Waals surface area contributed by atoms with Gasteiger partial charge in [0.05, 0.1) is 0 Å². The molecule has 0 saturated carbocycles. The van der Waals surface area contributed by atoms with Crippen LogP contribution in [-0.4, -0.2) is 0 Å². The Balaban J connectivity index is 2.29. The number of hydrogen-bond acceptors (Lipinski definition) is 2. The van der Waals surface area contributed by atoms with Crippen molar-refractivity contribution >= 4 is 5.57 Å². The second-order valence-corrected chi connectivity index (χ2v) is 3.87. The standard InChI is InChI=1S/C12H15NO/c1-8-7-10(4-5-11(8)13)12-6-3-9(2)14-12/h3-6,8H,7,13H2,1-2H3. The predicted octanol–water partition coefficient (Wildman–Crippen LogP) is 2.85. The number of furan rings is 1. The van der Waals surface area contributed by atoms with Gasteiger partial charge in [-0.25, -0.2) is 0 Å². The molecule has 1 heterocycles. The quantitative estimate of drug-likeness (QED) is 0.737. The lowest BCUT2D eigenvalue weighted by molar-refractivity contribution is 0.514. The van der Waals surface area contributed by atoms with Crippen LogP contribution in [-0.2, 0) is 0 Å². The minimum absolute atomic E-state index is 0.417. The molecule has 1 aromatic heterocycles. The molecule has 74 valence electrons. The van der Waals surface area contributed by atoms with E-state index in [1.54, 1.807) is 0 Å². The zero-order valence-electron chi connectivity index (χ0n) is 8.58. The fourth-order valence-electron chi connectivity index (χ4n) is 1.67. The Morgan fingerprint density at radius 2 is 2.14 bits per heavy atom. The van der Waals surface area contributed by atoms with Crippen molar-refractivity contribution in [2.75, 3.05) is 0 Å². The number of aryl methyl sites for hydroxylation is 1. The molecule has 2 nitrogen and oxygen atoms in total. The Hall–Kier alpha value is -1.44. The maximum absolute atomic E-state index is 5.81. The van der Waals surface area contributed by atoms with Gasteiger partial charge in [0, 0.05) is 5.70 Å². The highest BCUT2D eigenvalue weighted by Gasteiger charge is 2.15. The smallest absolute Gasteiger partial charge is 0.130 e. The van der Waals surface area contributed by atoms with Crippen molar-refractivity contribution in [3.8, 4) is 0 Å². The average Bonchev–Trinajstić information content (AvgIpc) is 2.57. The van der Waals surface area contributed by atoms with Gasteiger partial charge in [0.15, 0.2) is 0 Å². The average molecular weight is 189 g/mol. The van der Waals surface area contributed by atoms with E-state index in [2.05, 4.69) is 6.92 Å². The minimum Gasteiger partial charge on any atom is -0.462 e. The van der Waals surface area contributed by atoms with Gasteiger partial charge in [-0.15, -0.1) is 0 Å². The molecule has 0 saturated heterocycles. The van der Waals surface area contributed by atoms with Gasteiger partial charge in [-0.2, -0.15) is 0 Å². The first-order chi connectivity index (χ1) is 6.66. The third kappa shape index (κ3) is 1.60. The van der Waals surface area contributed by atoms with Crippen LogP contribution in [0.5, 0.6) is 0 Å². The molecule has 0 bridgehead atoms. The molecule has 1 aromatic rings. The lowest BCUT2D eigenvalue weighted by atomic mass is 9.92. The van der Waals surface area contributed by atoms with Crippen LogP contribution in [0.4, 0.5) is 0 Å². The van der Waals surface area contributed by atoms with Crippen LogP contribution in [0.3, 0.4) is 0 Å². The molecule has 1 unspecified atom stereocenters. The summed E-state index contributed by atoms with van der Waals surface area (Å²) in [7, 11) is 0. The number of hydrogen-bond donors (Lipinski definition) is 1. The summed E-state index contributed by atoms with van der Waals surface area (Å²) in [5.74, 6) is 2.34. The van der Waals surface area contributed by atoms with Crippen molar-refractivity contribution < 1.29 is 4.42 Å². The normalized spacial score (nSPS) is 21.7. The first-order valence-electron chi connectivity index (χ1n) is 4.90. The summed E-state index contributed by atoms with van der Waals surface area (Å²) in [6.45, 7) is 4.09. The first-order valence-corrected chi connectivity index (χ1v) is 4.90. The van der Waals surface area contributed by atoms with Crippen molar-refractivity contribution in [1.29, 1.82) is 0 Å². The summed E-state index contributed by atoms with van der Waals surface area (Å²) in [5.41, 5.74) is 8.00. The van der Waals surface area contributed by atoms with Crippen LogP contribution in [0.1, 0.15) is 24.9 Å². The van der Waals surface area contributed by atoms with E-state index in [1.807, 2.05) is 31.2 Å². The van der Waals surface area contributed by atoms with E-state index in [4.69, 9.17) is 10.2 Å². The fourth-order valence-corrected chi connectivity index (χ4v) is 1.67. The van der Waals surface area contributed by atoms with Gasteiger partial charge in [-0.05, 0) is 43.0 Å². The van der Waals surface area contributed by atoms with E-state index in [0.29, 0.717) is 5.92 Å². The van der Waals surface area contributed by atoms with Crippen LogP contribution in [0, 0.1) is 12.8 Å². The van der Waals surface area contributed by atoms with E-state index in [1.165, 1.54) is 5.57 Å². The maximum Gasteiger partial charge on any atom is 0.130 e. The summed E-state index contributed by atoms with van der Waals surface area (Å²) in [6.07, 6.45) is 4.99. The molecule has 2 rings (SSSR count). The predicted molar refractivity (Wildman–Crippen MR) is 57.5 cm³/mol. The highest BCUT2D eigenvalue weighted by molar-refractivity contribution is 5.65. The molecule has 0 fully saturated rings. The van der Waals surface area contributed by atoms with E-state index >= 15 is 0 Å². The zero-order valence-corrected chi connectivity index (χ0v) is 8.58. The number of allylic oxidation sites excluding steroid dienone is 4. The summed E-state index contributed by atoms with van der Waals surface area (Å²) in [6, 6.07) is 4.01. The van der Waals surface area contributed by atoms with E-state index < -0.39 is 0 Å². The van der Waals surface area contributed by atoms with Crippen LogP contribution in [0.15, 0.2) is 34.4 Å². The van der Waals surface area contributed by atoms with Crippen LogP contribution >= 0.6 is 0 Å². The van der Waals surface area contributed by atoms with Gasteiger partial charge < -0.3 is 10.2 Å². The maximum atomic E-state index is 5.81. The van der Waals surface area contributed by atoms with E-state index in [9.17, 15) is 0 Å². The van der Waals surface area contributed by atoms with Gasteiger partial charge in [-0.3, -0.25) is 0 Å². The summed E-state index contributed by atoms with van der Waals surface area (Å²) in [5, 5.41) is 0. The molecule has 0 amide bonds. The molecule has 1 atom stereocenters. The van der Waals surface area contributed by atoms with Crippen molar-refractivity contribution in [3.05, 3.63) is 41.5 Å². The second-order valence-electron chi connectivity index (χ2n) is 3.87. The molecule has 1 aliphatic carbocycles. The Morgan fingerprint density at radius 3 is 2.71 bits per heavy atom. The van der Waals surface area contributed by atoms with Gasteiger partial charge in [0.1, 0.15) is 11.5 Å². The summed E-state index contributed by atoms with van der Waals surface area (Å²) >= 11 is 0. The van der Waals surface area contributed by atoms with E-state index in [0.717, 1.165) is 23.6 Å². The Kier molecular flexibility index (Phi) is 2.20. The molecule has 0 radical (unpaired) electrons. The molecule has 2 heteroatoms. The molecule has 1 aliphatic rings. The van der Waals surface area contributed by atoms with Gasteiger partial charge >= 0.3 is 0 Å². The zero-order chi connectivity index (χ0) is 10.1. The van der Waals surface area contributed by atoms with Crippen LogP contribution in [0.2, 0.25) is 0 Å².